The van der Waals surface area contributed by atoms with Gasteiger partial charge in [0.05, 0.1) is 6.61 Å². The Bertz CT molecular complexity index is 350. The van der Waals surface area contributed by atoms with Crippen molar-refractivity contribution < 1.29 is 10.2 Å². The summed E-state index contributed by atoms with van der Waals surface area (Å²) in [5, 5.41) is 22.2. The van der Waals surface area contributed by atoms with Crippen LogP contribution in [0.3, 0.4) is 0 Å². The molecule has 3 N–H and O–H groups in total. The minimum Gasteiger partial charge on any atom is -0.508 e. The van der Waals surface area contributed by atoms with Gasteiger partial charge in [-0.3, -0.25) is 0 Å². The minimum absolute atomic E-state index is 0.0925. The SMILES string of the molecule is Cc1ccc(O)c(CNC(CO)CC(C)C)c1. The van der Waals surface area contributed by atoms with Crippen LogP contribution in [-0.2, 0) is 6.54 Å². The maximum Gasteiger partial charge on any atom is 0.120 e. The molecule has 1 aromatic rings. The third kappa shape index (κ3) is 4.75. The summed E-state index contributed by atoms with van der Waals surface area (Å²) in [6.45, 7) is 6.99. The van der Waals surface area contributed by atoms with Crippen molar-refractivity contribution in [3.63, 3.8) is 0 Å². The van der Waals surface area contributed by atoms with Crippen molar-refractivity contribution in [3.8, 4) is 5.75 Å². The van der Waals surface area contributed by atoms with E-state index in [0.29, 0.717) is 18.2 Å². The van der Waals surface area contributed by atoms with E-state index in [1.807, 2.05) is 19.1 Å². The third-order valence-corrected chi connectivity index (χ3v) is 2.79. The molecule has 1 unspecified atom stereocenters. The summed E-state index contributed by atoms with van der Waals surface area (Å²) in [5.74, 6) is 0.857. The van der Waals surface area contributed by atoms with Gasteiger partial charge in [-0.15, -0.1) is 0 Å². The Kier molecular flexibility index (Phi) is 5.45. The molecule has 0 saturated carbocycles. The van der Waals surface area contributed by atoms with Crippen LogP contribution in [0.25, 0.3) is 0 Å². The smallest absolute Gasteiger partial charge is 0.120 e. The summed E-state index contributed by atoms with van der Waals surface area (Å²) in [4.78, 5) is 0. The molecule has 0 radical (unpaired) electrons. The van der Waals surface area contributed by atoms with Crippen LogP contribution in [-0.4, -0.2) is 22.9 Å². The zero-order valence-corrected chi connectivity index (χ0v) is 10.9. The molecule has 1 aromatic carbocycles. The van der Waals surface area contributed by atoms with Crippen LogP contribution >= 0.6 is 0 Å². The fourth-order valence-electron chi connectivity index (χ4n) is 1.90. The predicted molar refractivity (Wildman–Crippen MR) is 70.0 cm³/mol. The highest BCUT2D eigenvalue weighted by molar-refractivity contribution is 5.35. The van der Waals surface area contributed by atoms with Crippen molar-refractivity contribution in [2.75, 3.05) is 6.61 Å². The number of hydrogen-bond donors (Lipinski definition) is 3. The van der Waals surface area contributed by atoms with Gasteiger partial charge in [0.1, 0.15) is 5.75 Å². The molecule has 0 amide bonds. The lowest BCUT2D eigenvalue weighted by molar-refractivity contribution is 0.223. The zero-order chi connectivity index (χ0) is 12.8. The molecule has 3 nitrogen and oxygen atoms in total. The van der Waals surface area contributed by atoms with Crippen LogP contribution in [0.5, 0.6) is 5.75 Å². The lowest BCUT2D eigenvalue weighted by Crippen LogP contribution is -2.33. The molecule has 0 aliphatic carbocycles. The molecular formula is C14H23NO2. The topological polar surface area (TPSA) is 52.5 Å². The molecular weight excluding hydrogens is 214 g/mol. The highest BCUT2D eigenvalue weighted by Crippen LogP contribution is 2.18. The second-order valence-corrected chi connectivity index (χ2v) is 5.02. The van der Waals surface area contributed by atoms with Gasteiger partial charge in [-0.05, 0) is 25.3 Å². The van der Waals surface area contributed by atoms with Crippen LogP contribution < -0.4 is 5.32 Å². The zero-order valence-electron chi connectivity index (χ0n) is 10.9. The lowest BCUT2D eigenvalue weighted by Gasteiger charge is -2.18. The molecule has 0 spiro atoms. The maximum atomic E-state index is 9.70. The number of aliphatic hydroxyl groups is 1. The molecule has 3 heteroatoms. The van der Waals surface area contributed by atoms with E-state index in [1.54, 1.807) is 6.07 Å². The van der Waals surface area contributed by atoms with Crippen LogP contribution in [0.15, 0.2) is 18.2 Å². The summed E-state index contributed by atoms with van der Waals surface area (Å²) in [7, 11) is 0. The number of hydrogen-bond acceptors (Lipinski definition) is 3. The second-order valence-electron chi connectivity index (χ2n) is 5.02. The Morgan fingerprint density at radius 1 is 1.29 bits per heavy atom. The van der Waals surface area contributed by atoms with Crippen molar-refractivity contribution in [3.05, 3.63) is 29.3 Å². The van der Waals surface area contributed by atoms with Gasteiger partial charge in [0, 0.05) is 18.2 Å². The summed E-state index contributed by atoms with van der Waals surface area (Å²) in [6.07, 6.45) is 0.934. The van der Waals surface area contributed by atoms with Crippen molar-refractivity contribution in [2.24, 2.45) is 5.92 Å². The van der Waals surface area contributed by atoms with Gasteiger partial charge in [-0.1, -0.05) is 31.5 Å². The molecule has 96 valence electrons. The third-order valence-electron chi connectivity index (χ3n) is 2.79. The monoisotopic (exact) mass is 237 g/mol. The van der Waals surface area contributed by atoms with E-state index in [1.165, 1.54) is 0 Å². The summed E-state index contributed by atoms with van der Waals surface area (Å²) in [6, 6.07) is 5.65. The first-order valence-corrected chi connectivity index (χ1v) is 6.15. The van der Waals surface area contributed by atoms with Crippen molar-refractivity contribution >= 4 is 0 Å². The van der Waals surface area contributed by atoms with Crippen molar-refractivity contribution in [1.29, 1.82) is 0 Å². The van der Waals surface area contributed by atoms with Crippen LogP contribution in [0.1, 0.15) is 31.4 Å². The molecule has 1 rings (SSSR count). The number of phenols is 1. The van der Waals surface area contributed by atoms with Gasteiger partial charge in [0.2, 0.25) is 0 Å². The number of aromatic hydroxyl groups is 1. The van der Waals surface area contributed by atoms with Gasteiger partial charge in [-0.2, -0.15) is 0 Å². The highest BCUT2D eigenvalue weighted by atomic mass is 16.3. The lowest BCUT2D eigenvalue weighted by atomic mass is 10.0. The average molecular weight is 237 g/mol. The summed E-state index contributed by atoms with van der Waals surface area (Å²) >= 11 is 0. The highest BCUT2D eigenvalue weighted by Gasteiger charge is 2.10. The molecule has 0 heterocycles. The van der Waals surface area contributed by atoms with Crippen molar-refractivity contribution in [2.45, 2.75) is 39.8 Å². The first kappa shape index (κ1) is 14.0. The van der Waals surface area contributed by atoms with Gasteiger partial charge in [0.15, 0.2) is 0 Å². The predicted octanol–water partition coefficient (Wildman–Crippen LogP) is 2.20. The average Bonchev–Trinajstić information content (AvgIpc) is 2.28. The first-order valence-electron chi connectivity index (χ1n) is 6.15. The van der Waals surface area contributed by atoms with Gasteiger partial charge in [0.25, 0.3) is 0 Å². The number of aryl methyl sites for hydroxylation is 1. The van der Waals surface area contributed by atoms with Crippen LogP contribution in [0, 0.1) is 12.8 Å². The normalized spacial score (nSPS) is 13.0. The van der Waals surface area contributed by atoms with Gasteiger partial charge in [-0.25, -0.2) is 0 Å². The van der Waals surface area contributed by atoms with Gasteiger partial charge >= 0.3 is 0 Å². The molecule has 1 atom stereocenters. The number of aliphatic hydroxyl groups excluding tert-OH is 1. The molecule has 17 heavy (non-hydrogen) atoms. The molecule has 0 aromatic heterocycles. The first-order chi connectivity index (χ1) is 8.02. The quantitative estimate of drug-likeness (QED) is 0.711. The number of rotatable bonds is 6. The fourth-order valence-corrected chi connectivity index (χ4v) is 1.90. The fraction of sp³-hybridized carbons (Fsp3) is 0.571. The van der Waals surface area contributed by atoms with E-state index >= 15 is 0 Å². The minimum atomic E-state index is 0.0925. The Hall–Kier alpha value is -1.06. The van der Waals surface area contributed by atoms with Crippen LogP contribution in [0.4, 0.5) is 0 Å². The molecule has 0 bridgehead atoms. The van der Waals surface area contributed by atoms with E-state index in [0.717, 1.165) is 17.5 Å². The molecule has 0 saturated heterocycles. The van der Waals surface area contributed by atoms with E-state index in [-0.39, 0.29) is 12.6 Å². The standard InChI is InChI=1S/C14H23NO2/c1-10(2)6-13(9-16)15-8-12-7-11(3)4-5-14(12)17/h4-5,7,10,13,15-17H,6,8-9H2,1-3H3. The Morgan fingerprint density at radius 2 is 2.00 bits per heavy atom. The molecule has 0 aliphatic heterocycles. The van der Waals surface area contributed by atoms with Crippen molar-refractivity contribution in [1.82, 2.24) is 5.32 Å². The van der Waals surface area contributed by atoms with E-state index in [4.69, 9.17) is 0 Å². The molecule has 0 aliphatic rings. The van der Waals surface area contributed by atoms with E-state index < -0.39 is 0 Å². The maximum absolute atomic E-state index is 9.70. The Morgan fingerprint density at radius 3 is 2.59 bits per heavy atom. The summed E-state index contributed by atoms with van der Waals surface area (Å²) in [5.41, 5.74) is 2.01. The Labute approximate surface area is 103 Å². The van der Waals surface area contributed by atoms with E-state index in [9.17, 15) is 10.2 Å². The van der Waals surface area contributed by atoms with E-state index in [2.05, 4.69) is 19.2 Å². The van der Waals surface area contributed by atoms with Gasteiger partial charge < -0.3 is 15.5 Å². The number of nitrogens with one attached hydrogen (secondary N) is 1. The number of benzene rings is 1. The second kappa shape index (κ2) is 6.62. The summed E-state index contributed by atoms with van der Waals surface area (Å²) < 4.78 is 0. The Balaban J connectivity index is 2.56. The molecule has 0 fully saturated rings. The largest absolute Gasteiger partial charge is 0.508 e. The van der Waals surface area contributed by atoms with Crippen LogP contribution in [0.2, 0.25) is 0 Å². The number of phenolic OH excluding ortho intramolecular Hbond substituents is 1.